The van der Waals surface area contributed by atoms with Crippen LogP contribution in [0.2, 0.25) is 0 Å². The highest BCUT2D eigenvalue weighted by molar-refractivity contribution is 7.99. The summed E-state index contributed by atoms with van der Waals surface area (Å²) in [6, 6.07) is 14.7. The lowest BCUT2D eigenvalue weighted by Crippen LogP contribution is -2.27. The Kier molecular flexibility index (Phi) is 3.48. The van der Waals surface area contributed by atoms with E-state index in [1.165, 1.54) is 21.6 Å². The van der Waals surface area contributed by atoms with Gasteiger partial charge in [-0.25, -0.2) is 4.39 Å². The third-order valence-corrected chi connectivity index (χ3v) is 5.67. The van der Waals surface area contributed by atoms with Gasteiger partial charge in [-0.05, 0) is 59.9 Å². The van der Waals surface area contributed by atoms with Crippen molar-refractivity contribution in [1.29, 1.82) is 0 Å². The van der Waals surface area contributed by atoms with E-state index >= 15 is 0 Å². The third-order valence-electron chi connectivity index (χ3n) is 4.54. The van der Waals surface area contributed by atoms with Gasteiger partial charge in [0.1, 0.15) is 5.82 Å². The molecule has 0 saturated carbocycles. The van der Waals surface area contributed by atoms with Crippen LogP contribution in [-0.4, -0.2) is 5.75 Å². The number of benzene rings is 2. The summed E-state index contributed by atoms with van der Waals surface area (Å²) in [6.07, 6.45) is 3.22. The maximum Gasteiger partial charge on any atom is 0.123 e. The van der Waals surface area contributed by atoms with Crippen molar-refractivity contribution in [3.63, 3.8) is 0 Å². The molecule has 2 aromatic carbocycles. The number of thioether (sulfide) groups is 1. The monoisotopic (exact) mass is 299 g/mol. The molecule has 4 rings (SSSR count). The van der Waals surface area contributed by atoms with Crippen LogP contribution in [0.15, 0.2) is 47.4 Å². The summed E-state index contributed by atoms with van der Waals surface area (Å²) in [5.41, 5.74) is 3.88. The molecule has 1 N–H and O–H groups in total. The smallest absolute Gasteiger partial charge is 0.123 e. The van der Waals surface area contributed by atoms with E-state index in [1.807, 2.05) is 17.8 Å². The van der Waals surface area contributed by atoms with Gasteiger partial charge in [-0.15, -0.1) is 11.8 Å². The zero-order valence-electron chi connectivity index (χ0n) is 11.8. The summed E-state index contributed by atoms with van der Waals surface area (Å²) in [5, 5.41) is 3.81. The average molecular weight is 299 g/mol. The summed E-state index contributed by atoms with van der Waals surface area (Å²) in [7, 11) is 0. The molecule has 0 spiro atoms. The molecule has 3 heteroatoms. The predicted octanol–water partition coefficient (Wildman–Crippen LogP) is 4.64. The van der Waals surface area contributed by atoms with Crippen molar-refractivity contribution >= 4 is 11.8 Å². The fourth-order valence-electron chi connectivity index (χ4n) is 3.52. The highest BCUT2D eigenvalue weighted by Crippen LogP contribution is 2.39. The molecule has 1 heterocycles. The molecule has 0 saturated heterocycles. The fraction of sp³-hybridized carbons (Fsp3) is 0.333. The van der Waals surface area contributed by atoms with E-state index < -0.39 is 0 Å². The lowest BCUT2D eigenvalue weighted by molar-refractivity contribution is 0.427. The minimum Gasteiger partial charge on any atom is -0.303 e. The van der Waals surface area contributed by atoms with Gasteiger partial charge in [0.15, 0.2) is 0 Å². The van der Waals surface area contributed by atoms with E-state index in [0.29, 0.717) is 12.1 Å². The first-order valence-electron chi connectivity index (χ1n) is 7.57. The molecule has 2 aromatic rings. The van der Waals surface area contributed by atoms with Crippen molar-refractivity contribution in [1.82, 2.24) is 5.32 Å². The molecule has 2 aliphatic rings. The maximum absolute atomic E-state index is 13.3. The van der Waals surface area contributed by atoms with Crippen molar-refractivity contribution in [3.8, 4) is 0 Å². The summed E-state index contributed by atoms with van der Waals surface area (Å²) in [4.78, 5) is 1.40. The van der Waals surface area contributed by atoms with Gasteiger partial charge >= 0.3 is 0 Å². The summed E-state index contributed by atoms with van der Waals surface area (Å²) in [5.74, 6) is 1.05. The fourth-order valence-corrected chi connectivity index (χ4v) is 4.64. The summed E-state index contributed by atoms with van der Waals surface area (Å²) < 4.78 is 13.3. The number of nitrogens with one attached hydrogen (secondary N) is 1. The molecule has 2 unspecified atom stereocenters. The molecule has 1 nitrogen and oxygen atoms in total. The van der Waals surface area contributed by atoms with E-state index in [4.69, 9.17) is 0 Å². The van der Waals surface area contributed by atoms with Crippen LogP contribution in [0.25, 0.3) is 0 Å². The lowest BCUT2D eigenvalue weighted by Gasteiger charge is -2.29. The van der Waals surface area contributed by atoms with Crippen LogP contribution in [-0.2, 0) is 6.42 Å². The zero-order valence-corrected chi connectivity index (χ0v) is 12.6. The first kappa shape index (κ1) is 13.4. The highest BCUT2D eigenvalue weighted by Gasteiger charge is 2.27. The zero-order chi connectivity index (χ0) is 14.2. The molecule has 0 fully saturated rings. The Balaban J connectivity index is 1.59. The Morgan fingerprint density at radius 3 is 2.81 bits per heavy atom. The predicted molar refractivity (Wildman–Crippen MR) is 85.1 cm³/mol. The van der Waals surface area contributed by atoms with Crippen molar-refractivity contribution < 1.29 is 4.39 Å². The van der Waals surface area contributed by atoms with Crippen LogP contribution in [0, 0.1) is 5.82 Å². The van der Waals surface area contributed by atoms with Gasteiger partial charge in [0.2, 0.25) is 0 Å². The quantitative estimate of drug-likeness (QED) is 0.867. The Morgan fingerprint density at radius 1 is 1.00 bits per heavy atom. The second-order valence-corrected chi connectivity index (χ2v) is 6.97. The molecule has 2 atom stereocenters. The van der Waals surface area contributed by atoms with Gasteiger partial charge in [-0.1, -0.05) is 24.3 Å². The van der Waals surface area contributed by atoms with Gasteiger partial charge in [0.05, 0.1) is 0 Å². The standard InChI is InChI=1S/C18H18FNS/c19-13-6-7-14-12(11-13)5-8-16(14)20-17-9-10-21-18-4-2-1-3-15(17)18/h1-4,6-7,11,16-17,20H,5,8-10H2. The van der Waals surface area contributed by atoms with Crippen LogP contribution < -0.4 is 5.32 Å². The van der Waals surface area contributed by atoms with Gasteiger partial charge < -0.3 is 5.32 Å². The van der Waals surface area contributed by atoms with Gasteiger partial charge in [0, 0.05) is 17.0 Å². The van der Waals surface area contributed by atoms with E-state index in [9.17, 15) is 4.39 Å². The highest BCUT2D eigenvalue weighted by atomic mass is 32.2. The normalized spacial score (nSPS) is 23.7. The number of aryl methyl sites for hydroxylation is 1. The van der Waals surface area contributed by atoms with Crippen molar-refractivity contribution in [2.45, 2.75) is 36.2 Å². The number of fused-ring (bicyclic) bond motifs is 2. The van der Waals surface area contributed by atoms with E-state index in [-0.39, 0.29) is 5.82 Å². The molecule has 1 aliphatic heterocycles. The van der Waals surface area contributed by atoms with Crippen LogP contribution in [0.3, 0.4) is 0 Å². The average Bonchev–Trinajstić information content (AvgIpc) is 2.90. The van der Waals surface area contributed by atoms with Crippen LogP contribution >= 0.6 is 11.8 Å². The summed E-state index contributed by atoms with van der Waals surface area (Å²) in [6.45, 7) is 0. The van der Waals surface area contributed by atoms with Crippen molar-refractivity contribution in [2.75, 3.05) is 5.75 Å². The molecule has 0 bridgehead atoms. The van der Waals surface area contributed by atoms with Gasteiger partial charge in [0.25, 0.3) is 0 Å². The third kappa shape index (κ3) is 2.49. The molecule has 0 aromatic heterocycles. The molecule has 108 valence electrons. The minimum atomic E-state index is -0.117. The molecule has 0 radical (unpaired) electrons. The Hall–Kier alpha value is -1.32. The molecule has 0 amide bonds. The largest absolute Gasteiger partial charge is 0.303 e. The second-order valence-electron chi connectivity index (χ2n) is 5.83. The van der Waals surface area contributed by atoms with Gasteiger partial charge in [-0.2, -0.15) is 0 Å². The Labute approximate surface area is 129 Å². The van der Waals surface area contributed by atoms with E-state index in [1.54, 1.807) is 12.1 Å². The van der Waals surface area contributed by atoms with E-state index in [2.05, 4.69) is 29.6 Å². The second kappa shape index (κ2) is 5.47. The minimum absolute atomic E-state index is 0.117. The lowest BCUT2D eigenvalue weighted by atomic mass is 10.0. The molecule has 21 heavy (non-hydrogen) atoms. The van der Waals surface area contributed by atoms with Gasteiger partial charge in [-0.3, -0.25) is 0 Å². The molecular weight excluding hydrogens is 281 g/mol. The summed E-state index contributed by atoms with van der Waals surface area (Å²) >= 11 is 1.95. The number of halogens is 1. The topological polar surface area (TPSA) is 12.0 Å². The van der Waals surface area contributed by atoms with Crippen molar-refractivity contribution in [3.05, 3.63) is 65.0 Å². The number of hydrogen-bond acceptors (Lipinski definition) is 2. The number of hydrogen-bond donors (Lipinski definition) is 1. The van der Waals surface area contributed by atoms with Crippen LogP contribution in [0.5, 0.6) is 0 Å². The Morgan fingerprint density at radius 2 is 1.86 bits per heavy atom. The first-order chi connectivity index (χ1) is 10.3. The maximum atomic E-state index is 13.3. The van der Waals surface area contributed by atoms with E-state index in [0.717, 1.165) is 25.0 Å². The van der Waals surface area contributed by atoms with Crippen LogP contribution in [0.4, 0.5) is 4.39 Å². The van der Waals surface area contributed by atoms with Crippen molar-refractivity contribution in [2.24, 2.45) is 0 Å². The van der Waals surface area contributed by atoms with Crippen LogP contribution in [0.1, 0.15) is 41.6 Å². The molecular formula is C18H18FNS. The first-order valence-corrected chi connectivity index (χ1v) is 8.56. The number of rotatable bonds is 2. The Bertz CT molecular complexity index is 670. The molecule has 1 aliphatic carbocycles. The SMILES string of the molecule is Fc1ccc2c(c1)CCC2NC1CCSc2ccccc21.